The Kier molecular flexibility index (Phi) is 3.38. The van der Waals surface area contributed by atoms with Gasteiger partial charge in [0.05, 0.1) is 0 Å². The smallest absolute Gasteiger partial charge is 0.322 e. The Hall–Kier alpha value is -1.10. The van der Waals surface area contributed by atoms with Gasteiger partial charge in [-0.05, 0) is 6.92 Å². The number of aliphatic carboxylic acids is 1. The van der Waals surface area contributed by atoms with Gasteiger partial charge in [-0.2, -0.15) is 0 Å². The molecule has 1 amide bonds. The second-order valence-corrected chi connectivity index (χ2v) is 1.47. The van der Waals surface area contributed by atoms with Gasteiger partial charge in [-0.3, -0.25) is 15.0 Å². The van der Waals surface area contributed by atoms with Gasteiger partial charge in [0.1, 0.15) is 6.04 Å². The first-order valence-corrected chi connectivity index (χ1v) is 2.36. The third-order valence-electron chi connectivity index (χ3n) is 0.729. The van der Waals surface area contributed by atoms with E-state index in [4.69, 9.17) is 5.11 Å². The summed E-state index contributed by atoms with van der Waals surface area (Å²) < 4.78 is 0. The molecule has 0 aliphatic heterocycles. The van der Waals surface area contributed by atoms with Gasteiger partial charge in [0.25, 0.3) is 0 Å². The van der Waals surface area contributed by atoms with E-state index in [1.807, 2.05) is 5.43 Å². The van der Waals surface area contributed by atoms with E-state index < -0.39 is 12.0 Å². The topological polar surface area (TPSA) is 78.4 Å². The highest BCUT2D eigenvalue weighted by molar-refractivity contribution is 5.72. The molecule has 0 aromatic carbocycles. The molecule has 0 aromatic rings. The minimum absolute atomic E-state index is 0.374. The van der Waals surface area contributed by atoms with Crippen molar-refractivity contribution in [3.63, 3.8) is 0 Å². The summed E-state index contributed by atoms with van der Waals surface area (Å²) in [6.07, 6.45) is 0.374. The zero-order valence-corrected chi connectivity index (χ0v) is 4.92. The molecule has 0 aliphatic carbocycles. The standard InChI is InChI=1S/C4H8N2O3/c1-3(4(8)9)6-5-2-7/h2-3,6H,1H3,(H,5,7)(H,8,9)/t3-/m0/s1. The molecule has 9 heavy (non-hydrogen) atoms. The van der Waals surface area contributed by atoms with Crippen LogP contribution in [0.3, 0.4) is 0 Å². The van der Waals surface area contributed by atoms with Crippen molar-refractivity contribution in [3.05, 3.63) is 0 Å². The molecule has 0 unspecified atom stereocenters. The fourth-order valence-electron chi connectivity index (χ4n) is 0.221. The molecule has 0 heterocycles. The summed E-state index contributed by atoms with van der Waals surface area (Å²) in [4.78, 5) is 19.6. The third-order valence-corrected chi connectivity index (χ3v) is 0.729. The van der Waals surface area contributed by atoms with Gasteiger partial charge in [0.15, 0.2) is 0 Å². The highest BCUT2D eigenvalue weighted by Crippen LogP contribution is 1.74. The van der Waals surface area contributed by atoms with Crippen molar-refractivity contribution >= 4 is 12.4 Å². The molecule has 52 valence electrons. The van der Waals surface area contributed by atoms with Crippen molar-refractivity contribution in [2.45, 2.75) is 13.0 Å². The molecule has 0 aromatic heterocycles. The van der Waals surface area contributed by atoms with E-state index in [2.05, 4.69) is 5.43 Å². The van der Waals surface area contributed by atoms with Crippen LogP contribution in [0.5, 0.6) is 0 Å². The van der Waals surface area contributed by atoms with E-state index in [1.165, 1.54) is 6.92 Å². The second kappa shape index (κ2) is 3.85. The van der Waals surface area contributed by atoms with Gasteiger partial charge in [-0.1, -0.05) is 0 Å². The Balaban J connectivity index is 3.37. The summed E-state index contributed by atoms with van der Waals surface area (Å²) in [5, 5.41) is 8.19. The predicted molar refractivity (Wildman–Crippen MR) is 29.4 cm³/mol. The molecule has 1 atom stereocenters. The number of carbonyl (C=O) groups is 2. The summed E-state index contributed by atoms with van der Waals surface area (Å²) >= 11 is 0. The fraction of sp³-hybridized carbons (Fsp3) is 0.500. The lowest BCUT2D eigenvalue weighted by Crippen LogP contribution is -2.42. The molecular formula is C4H8N2O3. The van der Waals surface area contributed by atoms with Gasteiger partial charge in [-0.25, -0.2) is 5.43 Å². The molecule has 0 saturated carbocycles. The van der Waals surface area contributed by atoms with Crippen LogP contribution in [0.4, 0.5) is 0 Å². The van der Waals surface area contributed by atoms with E-state index in [0.29, 0.717) is 6.41 Å². The van der Waals surface area contributed by atoms with Crippen LogP contribution in [0, 0.1) is 0 Å². The monoisotopic (exact) mass is 132 g/mol. The zero-order valence-electron chi connectivity index (χ0n) is 4.92. The van der Waals surface area contributed by atoms with Crippen LogP contribution in [0.15, 0.2) is 0 Å². The van der Waals surface area contributed by atoms with E-state index in [1.54, 1.807) is 0 Å². The fourth-order valence-corrected chi connectivity index (χ4v) is 0.221. The van der Waals surface area contributed by atoms with Gasteiger partial charge in [-0.15, -0.1) is 0 Å². The first kappa shape index (κ1) is 7.90. The molecule has 0 aliphatic rings. The van der Waals surface area contributed by atoms with E-state index in [-0.39, 0.29) is 0 Å². The number of hydrogen-bond donors (Lipinski definition) is 3. The van der Waals surface area contributed by atoms with Crippen molar-refractivity contribution in [1.29, 1.82) is 0 Å². The van der Waals surface area contributed by atoms with E-state index in [0.717, 1.165) is 0 Å². The predicted octanol–water partition coefficient (Wildman–Crippen LogP) is -1.29. The average molecular weight is 132 g/mol. The lowest BCUT2D eigenvalue weighted by atomic mass is 10.4. The Labute approximate surface area is 52.0 Å². The minimum atomic E-state index is -1.01. The van der Waals surface area contributed by atoms with Crippen molar-refractivity contribution in [2.24, 2.45) is 0 Å². The Morgan fingerprint density at radius 2 is 2.33 bits per heavy atom. The van der Waals surface area contributed by atoms with Gasteiger partial charge >= 0.3 is 5.97 Å². The number of rotatable bonds is 4. The van der Waals surface area contributed by atoms with E-state index >= 15 is 0 Å². The summed E-state index contributed by atoms with van der Waals surface area (Å²) in [6.45, 7) is 1.42. The maximum atomic E-state index is 9.99. The number of carbonyl (C=O) groups excluding carboxylic acids is 1. The molecule has 0 saturated heterocycles. The van der Waals surface area contributed by atoms with Crippen LogP contribution in [0.1, 0.15) is 6.92 Å². The van der Waals surface area contributed by atoms with Crippen LogP contribution in [0.2, 0.25) is 0 Å². The number of amides is 1. The van der Waals surface area contributed by atoms with Crippen LogP contribution in [0.25, 0.3) is 0 Å². The highest BCUT2D eigenvalue weighted by Gasteiger charge is 2.07. The lowest BCUT2D eigenvalue weighted by molar-refractivity contribution is -0.139. The second-order valence-electron chi connectivity index (χ2n) is 1.47. The molecule has 0 spiro atoms. The van der Waals surface area contributed by atoms with Crippen LogP contribution in [-0.2, 0) is 9.59 Å². The van der Waals surface area contributed by atoms with Gasteiger partial charge in [0.2, 0.25) is 6.41 Å². The normalized spacial score (nSPS) is 12.1. The quantitative estimate of drug-likeness (QED) is 0.328. The summed E-state index contributed by atoms with van der Waals surface area (Å²) in [7, 11) is 0. The van der Waals surface area contributed by atoms with Gasteiger partial charge < -0.3 is 5.11 Å². The van der Waals surface area contributed by atoms with Crippen molar-refractivity contribution in [1.82, 2.24) is 10.9 Å². The largest absolute Gasteiger partial charge is 0.480 e. The summed E-state index contributed by atoms with van der Waals surface area (Å²) in [6, 6.07) is -0.754. The number of nitrogens with one attached hydrogen (secondary N) is 2. The van der Waals surface area contributed by atoms with Crippen LogP contribution >= 0.6 is 0 Å². The number of hydrogen-bond acceptors (Lipinski definition) is 3. The molecule has 0 fully saturated rings. The maximum Gasteiger partial charge on any atom is 0.322 e. The summed E-state index contributed by atoms with van der Waals surface area (Å²) in [5.41, 5.74) is 4.23. The number of hydrazine groups is 1. The van der Waals surface area contributed by atoms with Crippen molar-refractivity contribution in [3.8, 4) is 0 Å². The molecular weight excluding hydrogens is 124 g/mol. The van der Waals surface area contributed by atoms with Crippen molar-refractivity contribution < 1.29 is 14.7 Å². The maximum absolute atomic E-state index is 9.99. The minimum Gasteiger partial charge on any atom is -0.480 e. The molecule has 0 bridgehead atoms. The van der Waals surface area contributed by atoms with Gasteiger partial charge in [0, 0.05) is 0 Å². The van der Waals surface area contributed by atoms with E-state index in [9.17, 15) is 9.59 Å². The zero-order chi connectivity index (χ0) is 7.28. The average Bonchev–Trinajstić information content (AvgIpc) is 1.82. The first-order valence-electron chi connectivity index (χ1n) is 2.36. The van der Waals surface area contributed by atoms with Crippen LogP contribution in [-0.4, -0.2) is 23.5 Å². The number of carboxylic acid groups (broad SMARTS) is 1. The Morgan fingerprint density at radius 1 is 1.78 bits per heavy atom. The molecule has 3 N–H and O–H groups in total. The Morgan fingerprint density at radius 3 is 2.67 bits per heavy atom. The van der Waals surface area contributed by atoms with Crippen molar-refractivity contribution in [2.75, 3.05) is 0 Å². The third kappa shape index (κ3) is 3.48. The first-order chi connectivity index (χ1) is 4.18. The molecule has 5 heteroatoms. The molecule has 0 rings (SSSR count). The molecule has 0 radical (unpaired) electrons. The molecule has 5 nitrogen and oxygen atoms in total. The lowest BCUT2D eigenvalue weighted by Gasteiger charge is -2.04. The Bertz CT molecular complexity index is 114. The number of carboxylic acids is 1. The summed E-state index contributed by atoms with van der Waals surface area (Å²) in [5.74, 6) is -1.01. The SMILES string of the molecule is C[C@H](NNC=O)C(=O)O. The highest BCUT2D eigenvalue weighted by atomic mass is 16.4. The van der Waals surface area contributed by atoms with Crippen LogP contribution < -0.4 is 10.9 Å².